The summed E-state index contributed by atoms with van der Waals surface area (Å²) in [4.78, 5) is 22.4. The maximum absolute atomic E-state index is 11.2. The molecule has 19 heavy (non-hydrogen) atoms. The molecule has 0 aliphatic rings. The molecule has 0 aromatic heterocycles. The molecule has 0 radical (unpaired) electrons. The first-order chi connectivity index (χ1) is 8.62. The van der Waals surface area contributed by atoms with Crippen LogP contribution in [0, 0.1) is 0 Å². The van der Waals surface area contributed by atoms with Crippen LogP contribution in [0.4, 0.5) is 0 Å². The summed E-state index contributed by atoms with van der Waals surface area (Å²) in [7, 11) is 0. The van der Waals surface area contributed by atoms with Crippen LogP contribution in [0.5, 0.6) is 0 Å². The Morgan fingerprint density at radius 3 is 1.42 bits per heavy atom. The normalized spacial score (nSPS) is 12.1. The molecule has 4 nitrogen and oxygen atoms in total. The van der Waals surface area contributed by atoms with E-state index in [1.54, 1.807) is 25.6 Å². The summed E-state index contributed by atoms with van der Waals surface area (Å²) >= 11 is 1.65. The van der Waals surface area contributed by atoms with Gasteiger partial charge in [0.2, 0.25) is 0 Å². The van der Waals surface area contributed by atoms with Gasteiger partial charge in [0.25, 0.3) is 0 Å². The highest BCUT2D eigenvalue weighted by Gasteiger charge is 2.31. The van der Waals surface area contributed by atoms with Crippen LogP contribution < -0.4 is 0 Å². The predicted octanol–water partition coefficient (Wildman–Crippen LogP) is 3.18. The Hall–Kier alpha value is -0.710. The lowest BCUT2D eigenvalue weighted by Gasteiger charge is -2.33. The zero-order valence-electron chi connectivity index (χ0n) is 12.9. The van der Waals surface area contributed by atoms with Crippen molar-refractivity contribution >= 4 is 23.7 Å². The number of carbonyl (C=O) groups excluding carboxylic acids is 2. The van der Waals surface area contributed by atoms with E-state index in [9.17, 15) is 9.59 Å². The minimum Gasteiger partial charge on any atom is -0.464 e. The molecular formula is C14H26O4S. The molecule has 0 unspecified atom stereocenters. The van der Waals surface area contributed by atoms with Gasteiger partial charge in [0.05, 0.1) is 0 Å². The van der Waals surface area contributed by atoms with E-state index in [4.69, 9.17) is 9.47 Å². The van der Waals surface area contributed by atoms with Crippen LogP contribution in [0.2, 0.25) is 0 Å². The second kappa shape index (κ2) is 7.78. The molecule has 0 fully saturated rings. The molecule has 0 aliphatic heterocycles. The lowest BCUT2D eigenvalue weighted by atomic mass is 10.2. The summed E-state index contributed by atoms with van der Waals surface area (Å²) in [5.41, 5.74) is 0. The van der Waals surface area contributed by atoms with Gasteiger partial charge in [-0.1, -0.05) is 13.8 Å². The standard InChI is InChI=1S/C14H26O4S/c1-7-11(15)17-9-13(3,4)19-14(5,6)10-18-12(16)8-2/h7-10H2,1-6H3. The highest BCUT2D eigenvalue weighted by atomic mass is 32.2. The van der Waals surface area contributed by atoms with Crippen molar-refractivity contribution in [1.29, 1.82) is 0 Å². The van der Waals surface area contributed by atoms with Crippen molar-refractivity contribution in [3.63, 3.8) is 0 Å². The van der Waals surface area contributed by atoms with E-state index in [1.165, 1.54) is 0 Å². The Bertz CT molecular complexity index is 281. The van der Waals surface area contributed by atoms with E-state index in [2.05, 4.69) is 0 Å². The zero-order chi connectivity index (χ0) is 15.1. The van der Waals surface area contributed by atoms with Gasteiger partial charge < -0.3 is 9.47 Å². The van der Waals surface area contributed by atoms with Crippen molar-refractivity contribution in [3.05, 3.63) is 0 Å². The number of rotatable bonds is 8. The van der Waals surface area contributed by atoms with Gasteiger partial charge in [-0.25, -0.2) is 0 Å². The first kappa shape index (κ1) is 18.3. The SMILES string of the molecule is CCC(=O)OCC(C)(C)SC(C)(C)COC(=O)CC. The summed E-state index contributed by atoms with van der Waals surface area (Å²) in [6.07, 6.45) is 0.774. The number of carbonyl (C=O) groups is 2. The minimum absolute atomic E-state index is 0.191. The van der Waals surface area contributed by atoms with E-state index in [0.717, 1.165) is 0 Å². The van der Waals surface area contributed by atoms with Gasteiger partial charge >= 0.3 is 11.9 Å². The van der Waals surface area contributed by atoms with Crippen LogP contribution in [-0.4, -0.2) is 34.6 Å². The fourth-order valence-electron chi connectivity index (χ4n) is 1.52. The number of esters is 2. The minimum atomic E-state index is -0.215. The maximum atomic E-state index is 11.2. The Kier molecular flexibility index (Phi) is 7.49. The Labute approximate surface area is 120 Å². The van der Waals surface area contributed by atoms with Gasteiger partial charge in [0.1, 0.15) is 13.2 Å². The van der Waals surface area contributed by atoms with Gasteiger partial charge in [-0.15, -0.1) is 11.8 Å². The first-order valence-corrected chi connectivity index (χ1v) is 7.45. The third-order valence-electron chi connectivity index (χ3n) is 2.29. The second-order valence-electron chi connectivity index (χ2n) is 5.65. The van der Waals surface area contributed by atoms with Gasteiger partial charge in [0.15, 0.2) is 0 Å². The molecule has 0 aromatic carbocycles. The fourth-order valence-corrected chi connectivity index (χ4v) is 3.25. The quantitative estimate of drug-likeness (QED) is 0.643. The monoisotopic (exact) mass is 290 g/mol. The highest BCUT2D eigenvalue weighted by molar-refractivity contribution is 8.02. The van der Waals surface area contributed by atoms with E-state index in [1.807, 2.05) is 27.7 Å². The van der Waals surface area contributed by atoms with Gasteiger partial charge in [-0.05, 0) is 27.7 Å². The number of thioether (sulfide) groups is 1. The van der Waals surface area contributed by atoms with Gasteiger partial charge in [-0.2, -0.15) is 0 Å². The van der Waals surface area contributed by atoms with E-state index < -0.39 is 0 Å². The van der Waals surface area contributed by atoms with Crippen LogP contribution in [0.15, 0.2) is 0 Å². The third kappa shape index (κ3) is 8.92. The Balaban J connectivity index is 4.28. The van der Waals surface area contributed by atoms with Gasteiger partial charge in [-0.3, -0.25) is 9.59 Å². The lowest BCUT2D eigenvalue weighted by molar-refractivity contribution is -0.144. The molecule has 5 heteroatoms. The average Bonchev–Trinajstić information content (AvgIpc) is 2.31. The molecule has 0 saturated heterocycles. The van der Waals surface area contributed by atoms with Crippen LogP contribution in [-0.2, 0) is 19.1 Å². The molecule has 0 aliphatic carbocycles. The van der Waals surface area contributed by atoms with Crippen LogP contribution >= 0.6 is 11.8 Å². The molecular weight excluding hydrogens is 264 g/mol. The van der Waals surface area contributed by atoms with E-state index in [-0.39, 0.29) is 21.4 Å². The largest absolute Gasteiger partial charge is 0.464 e. The molecule has 0 bridgehead atoms. The summed E-state index contributed by atoms with van der Waals surface area (Å²) in [6, 6.07) is 0. The van der Waals surface area contributed by atoms with E-state index in [0.29, 0.717) is 26.1 Å². The number of hydrogen-bond donors (Lipinski definition) is 0. The van der Waals surface area contributed by atoms with Crippen molar-refractivity contribution in [1.82, 2.24) is 0 Å². The number of hydrogen-bond acceptors (Lipinski definition) is 5. The van der Waals surface area contributed by atoms with Crippen molar-refractivity contribution < 1.29 is 19.1 Å². The number of ether oxygens (including phenoxy) is 2. The first-order valence-electron chi connectivity index (χ1n) is 6.63. The molecule has 0 saturated carbocycles. The van der Waals surface area contributed by atoms with Gasteiger partial charge in [0, 0.05) is 22.3 Å². The summed E-state index contributed by atoms with van der Waals surface area (Å²) in [5.74, 6) is -0.382. The average molecular weight is 290 g/mol. The third-order valence-corrected chi connectivity index (χ3v) is 3.63. The maximum Gasteiger partial charge on any atom is 0.305 e. The van der Waals surface area contributed by atoms with Crippen LogP contribution in [0.3, 0.4) is 0 Å². The zero-order valence-corrected chi connectivity index (χ0v) is 13.7. The molecule has 0 heterocycles. The van der Waals surface area contributed by atoms with E-state index >= 15 is 0 Å². The highest BCUT2D eigenvalue weighted by Crippen LogP contribution is 2.37. The smallest absolute Gasteiger partial charge is 0.305 e. The molecule has 0 N–H and O–H groups in total. The van der Waals surface area contributed by atoms with Crippen molar-refractivity contribution in [2.75, 3.05) is 13.2 Å². The van der Waals surface area contributed by atoms with Crippen molar-refractivity contribution in [3.8, 4) is 0 Å². The fraction of sp³-hybridized carbons (Fsp3) is 0.857. The molecule has 112 valence electrons. The molecule has 0 rings (SSSR count). The predicted molar refractivity (Wildman–Crippen MR) is 78.2 cm³/mol. The topological polar surface area (TPSA) is 52.6 Å². The second-order valence-corrected chi connectivity index (χ2v) is 8.06. The summed E-state index contributed by atoms with van der Waals surface area (Å²) in [6.45, 7) is 12.3. The molecule has 0 spiro atoms. The Morgan fingerprint density at radius 2 is 1.16 bits per heavy atom. The van der Waals surface area contributed by atoms with Crippen LogP contribution in [0.1, 0.15) is 54.4 Å². The van der Waals surface area contributed by atoms with Crippen molar-refractivity contribution in [2.24, 2.45) is 0 Å². The molecule has 0 aromatic rings. The van der Waals surface area contributed by atoms with Crippen molar-refractivity contribution in [2.45, 2.75) is 63.9 Å². The lowest BCUT2D eigenvalue weighted by Crippen LogP contribution is -2.34. The van der Waals surface area contributed by atoms with Crippen LogP contribution in [0.25, 0.3) is 0 Å². The summed E-state index contributed by atoms with van der Waals surface area (Å²) in [5, 5.41) is 0. The molecule has 0 amide bonds. The molecule has 0 atom stereocenters. The summed E-state index contributed by atoms with van der Waals surface area (Å²) < 4.78 is 9.93. The Morgan fingerprint density at radius 1 is 0.842 bits per heavy atom.